The third-order valence-corrected chi connectivity index (χ3v) is 5.22. The summed E-state index contributed by atoms with van der Waals surface area (Å²) in [7, 11) is 1.54. The molecule has 132 valence electrons. The highest BCUT2D eigenvalue weighted by atomic mass is 16.5. The Labute approximate surface area is 143 Å². The number of aromatic nitrogens is 1. The van der Waals surface area contributed by atoms with Crippen molar-refractivity contribution in [1.82, 2.24) is 14.4 Å². The maximum Gasteiger partial charge on any atom is 0.259 e. The second-order valence-corrected chi connectivity index (χ2v) is 6.56. The Bertz CT molecular complexity index is 660. The van der Waals surface area contributed by atoms with Crippen molar-refractivity contribution in [3.8, 4) is 5.75 Å². The van der Waals surface area contributed by atoms with Crippen LogP contribution in [0.1, 0.15) is 42.2 Å². The smallest absolute Gasteiger partial charge is 0.259 e. The van der Waals surface area contributed by atoms with E-state index in [9.17, 15) is 9.59 Å². The van der Waals surface area contributed by atoms with Gasteiger partial charge in [-0.05, 0) is 25.8 Å². The summed E-state index contributed by atoms with van der Waals surface area (Å²) in [6.07, 6.45) is 3.85. The third-order valence-electron chi connectivity index (χ3n) is 5.22. The quantitative estimate of drug-likeness (QED) is 0.838. The van der Waals surface area contributed by atoms with Gasteiger partial charge in [0.15, 0.2) is 0 Å². The van der Waals surface area contributed by atoms with Crippen LogP contribution >= 0.6 is 0 Å². The number of fused-ring (bicyclic) bond motifs is 1. The molecule has 6 heteroatoms. The van der Waals surface area contributed by atoms with E-state index >= 15 is 0 Å². The van der Waals surface area contributed by atoms with E-state index in [1.54, 1.807) is 4.57 Å². The summed E-state index contributed by atoms with van der Waals surface area (Å²) in [5.74, 6) is 0.435. The summed E-state index contributed by atoms with van der Waals surface area (Å²) in [6.45, 7) is 7.12. The number of rotatable bonds is 3. The van der Waals surface area contributed by atoms with Crippen LogP contribution < -0.4 is 10.3 Å². The number of nitrogens with zero attached hydrogens (tertiary/aromatic N) is 3. The van der Waals surface area contributed by atoms with E-state index in [4.69, 9.17) is 4.74 Å². The molecule has 24 heavy (non-hydrogen) atoms. The first-order valence-corrected chi connectivity index (χ1v) is 8.98. The van der Waals surface area contributed by atoms with Gasteiger partial charge in [-0.1, -0.05) is 13.3 Å². The van der Waals surface area contributed by atoms with Gasteiger partial charge in [0.1, 0.15) is 11.3 Å². The number of amides is 1. The Hall–Kier alpha value is -1.82. The molecule has 2 aliphatic rings. The molecule has 0 N–H and O–H groups in total. The molecule has 3 heterocycles. The number of hydrogen-bond donors (Lipinski definition) is 0. The Morgan fingerprint density at radius 1 is 1.12 bits per heavy atom. The minimum Gasteiger partial charge on any atom is -0.496 e. The van der Waals surface area contributed by atoms with Crippen molar-refractivity contribution >= 4 is 5.91 Å². The molecule has 6 nitrogen and oxygen atoms in total. The van der Waals surface area contributed by atoms with Crippen LogP contribution in [0.5, 0.6) is 5.75 Å². The first-order chi connectivity index (χ1) is 11.7. The fourth-order valence-corrected chi connectivity index (χ4v) is 3.73. The van der Waals surface area contributed by atoms with E-state index < -0.39 is 0 Å². The maximum absolute atomic E-state index is 13.2. The Morgan fingerprint density at radius 3 is 2.54 bits per heavy atom. The van der Waals surface area contributed by atoms with Crippen molar-refractivity contribution in [3.63, 3.8) is 0 Å². The zero-order valence-corrected chi connectivity index (χ0v) is 14.7. The molecule has 0 radical (unpaired) electrons. The second-order valence-electron chi connectivity index (χ2n) is 6.56. The highest BCUT2D eigenvalue weighted by molar-refractivity contribution is 5.98. The molecule has 1 fully saturated rings. The minimum atomic E-state index is -0.0592. The summed E-state index contributed by atoms with van der Waals surface area (Å²) < 4.78 is 7.20. The molecule has 1 saturated heterocycles. The van der Waals surface area contributed by atoms with Crippen LogP contribution in [0.2, 0.25) is 0 Å². The van der Waals surface area contributed by atoms with Gasteiger partial charge in [0.05, 0.1) is 7.11 Å². The fourth-order valence-electron chi connectivity index (χ4n) is 3.73. The maximum atomic E-state index is 13.2. The molecule has 0 aliphatic carbocycles. The van der Waals surface area contributed by atoms with E-state index in [2.05, 4.69) is 11.8 Å². The highest BCUT2D eigenvalue weighted by Gasteiger charge is 2.28. The molecule has 0 atom stereocenters. The first kappa shape index (κ1) is 17.0. The van der Waals surface area contributed by atoms with Crippen LogP contribution in [0.4, 0.5) is 0 Å². The Morgan fingerprint density at radius 2 is 1.88 bits per heavy atom. The highest BCUT2D eigenvalue weighted by Crippen LogP contribution is 2.26. The zero-order chi connectivity index (χ0) is 17.1. The van der Waals surface area contributed by atoms with Crippen molar-refractivity contribution in [2.75, 3.05) is 39.8 Å². The molecule has 0 bridgehead atoms. The molecule has 0 aromatic carbocycles. The monoisotopic (exact) mass is 333 g/mol. The van der Waals surface area contributed by atoms with Crippen LogP contribution in [-0.2, 0) is 13.0 Å². The van der Waals surface area contributed by atoms with Crippen molar-refractivity contribution in [1.29, 1.82) is 0 Å². The van der Waals surface area contributed by atoms with Gasteiger partial charge < -0.3 is 19.1 Å². The van der Waals surface area contributed by atoms with Gasteiger partial charge >= 0.3 is 0 Å². The topological polar surface area (TPSA) is 54.8 Å². The molecule has 1 aromatic heterocycles. The van der Waals surface area contributed by atoms with Crippen molar-refractivity contribution < 1.29 is 9.53 Å². The number of carbonyl (C=O) groups excluding carboxylic acids is 1. The van der Waals surface area contributed by atoms with Gasteiger partial charge in [0, 0.05) is 44.5 Å². The number of likely N-dealkylation sites (N-methyl/N-ethyl adjacent to an activating group) is 1. The van der Waals surface area contributed by atoms with E-state index in [0.717, 1.165) is 64.1 Å². The molecule has 0 spiro atoms. The molecule has 0 unspecified atom stereocenters. The lowest BCUT2D eigenvalue weighted by atomic mass is 10.1. The van der Waals surface area contributed by atoms with E-state index in [-0.39, 0.29) is 11.5 Å². The summed E-state index contributed by atoms with van der Waals surface area (Å²) in [4.78, 5) is 29.8. The number of pyridine rings is 1. The van der Waals surface area contributed by atoms with E-state index in [1.165, 1.54) is 13.2 Å². The Balaban J connectivity index is 1.97. The molecule has 3 rings (SSSR count). The summed E-state index contributed by atoms with van der Waals surface area (Å²) in [6, 6.07) is 1.48. The number of hydrogen-bond acceptors (Lipinski definition) is 4. The largest absolute Gasteiger partial charge is 0.496 e. The third kappa shape index (κ3) is 3.20. The van der Waals surface area contributed by atoms with Crippen LogP contribution in [0, 0.1) is 0 Å². The van der Waals surface area contributed by atoms with Gasteiger partial charge in [0.2, 0.25) is 0 Å². The Kier molecular flexibility index (Phi) is 5.23. The van der Waals surface area contributed by atoms with Crippen molar-refractivity contribution in [3.05, 3.63) is 27.7 Å². The second kappa shape index (κ2) is 7.38. The minimum absolute atomic E-state index is 0.00764. The summed E-state index contributed by atoms with van der Waals surface area (Å²) in [5.41, 5.74) is 1.40. The fraction of sp³-hybridized carbons (Fsp3) is 0.667. The molecular weight excluding hydrogens is 306 g/mol. The van der Waals surface area contributed by atoms with Crippen molar-refractivity contribution in [2.45, 2.75) is 39.2 Å². The molecule has 1 amide bonds. The first-order valence-electron chi connectivity index (χ1n) is 8.98. The van der Waals surface area contributed by atoms with Crippen LogP contribution in [-0.4, -0.2) is 60.1 Å². The average molecular weight is 333 g/mol. The molecular formula is C18H27N3O3. The lowest BCUT2D eigenvalue weighted by Gasteiger charge is -2.34. The van der Waals surface area contributed by atoms with Crippen LogP contribution in [0.3, 0.4) is 0 Å². The molecule has 0 saturated carbocycles. The van der Waals surface area contributed by atoms with E-state index in [1.807, 2.05) is 4.90 Å². The molecule has 2 aliphatic heterocycles. The number of piperazine rings is 1. The predicted molar refractivity (Wildman–Crippen MR) is 92.8 cm³/mol. The molecule has 1 aromatic rings. The predicted octanol–water partition coefficient (Wildman–Crippen LogP) is 1.36. The average Bonchev–Trinajstić information content (AvgIpc) is 2.87. The lowest BCUT2D eigenvalue weighted by Crippen LogP contribution is -2.49. The number of carbonyl (C=O) groups is 1. The van der Waals surface area contributed by atoms with Crippen LogP contribution in [0.15, 0.2) is 10.9 Å². The van der Waals surface area contributed by atoms with Gasteiger partial charge in [-0.3, -0.25) is 9.59 Å². The van der Waals surface area contributed by atoms with Gasteiger partial charge in [-0.25, -0.2) is 0 Å². The number of ether oxygens (including phenoxy) is 1. The van der Waals surface area contributed by atoms with E-state index in [0.29, 0.717) is 17.9 Å². The van der Waals surface area contributed by atoms with Gasteiger partial charge in [-0.15, -0.1) is 0 Å². The summed E-state index contributed by atoms with van der Waals surface area (Å²) >= 11 is 0. The SMILES string of the molecule is CCN1CCN(C(=O)c2c(OC)cc(=O)n3c2CCCCC3)CC1. The zero-order valence-electron chi connectivity index (χ0n) is 14.7. The standard InChI is InChI=1S/C18H27N3O3/c1-3-19-9-11-20(12-10-19)18(23)17-14-7-5-4-6-8-21(14)16(22)13-15(17)24-2/h13H,3-12H2,1-2H3. The lowest BCUT2D eigenvalue weighted by molar-refractivity contribution is 0.0637. The van der Waals surface area contributed by atoms with Gasteiger partial charge in [-0.2, -0.15) is 0 Å². The van der Waals surface area contributed by atoms with Crippen LogP contribution in [0.25, 0.3) is 0 Å². The number of methoxy groups -OCH3 is 1. The van der Waals surface area contributed by atoms with Gasteiger partial charge in [0.25, 0.3) is 11.5 Å². The normalized spacial score (nSPS) is 18.8. The summed E-state index contributed by atoms with van der Waals surface area (Å²) in [5, 5.41) is 0. The van der Waals surface area contributed by atoms with Crippen molar-refractivity contribution in [2.24, 2.45) is 0 Å².